The molecular formula is C14H17ClO3. The first kappa shape index (κ1) is 13.2. The summed E-state index contributed by atoms with van der Waals surface area (Å²) < 4.78 is 0. The molecule has 1 aliphatic rings. The van der Waals surface area contributed by atoms with E-state index in [1.807, 2.05) is 0 Å². The Morgan fingerprint density at radius 3 is 2.39 bits per heavy atom. The highest BCUT2D eigenvalue weighted by Crippen LogP contribution is 2.48. The first-order valence-electron chi connectivity index (χ1n) is 6.12. The number of phenols is 1. The second-order valence-electron chi connectivity index (χ2n) is 5.12. The van der Waals surface area contributed by atoms with E-state index in [4.69, 9.17) is 11.6 Å². The molecule has 1 aromatic rings. The standard InChI is InChI=1S/C14H17ClO3/c1-8-7-10(15)9(2)11(12(8)16)14(13(17)18)5-3-4-6-14/h7,16H,3-6H2,1-2H3,(H,17,18). The number of carboxylic acids is 1. The molecule has 1 aromatic carbocycles. The van der Waals surface area contributed by atoms with Gasteiger partial charge < -0.3 is 10.2 Å². The van der Waals surface area contributed by atoms with Crippen LogP contribution in [0.25, 0.3) is 0 Å². The molecule has 1 aliphatic carbocycles. The zero-order valence-corrected chi connectivity index (χ0v) is 11.3. The molecule has 0 radical (unpaired) electrons. The Labute approximate surface area is 111 Å². The molecule has 0 aromatic heterocycles. The molecule has 0 saturated heterocycles. The van der Waals surface area contributed by atoms with Crippen LogP contribution in [-0.4, -0.2) is 16.2 Å². The van der Waals surface area contributed by atoms with Gasteiger partial charge in [-0.25, -0.2) is 0 Å². The predicted octanol–water partition coefficient (Wildman–Crippen LogP) is 3.56. The van der Waals surface area contributed by atoms with Gasteiger partial charge in [0.25, 0.3) is 0 Å². The molecule has 3 nitrogen and oxygen atoms in total. The summed E-state index contributed by atoms with van der Waals surface area (Å²) in [6.07, 6.45) is 2.88. The number of phenolic OH excluding ortho intramolecular Hbond substituents is 1. The Kier molecular flexibility index (Phi) is 3.28. The third-order valence-corrected chi connectivity index (χ3v) is 4.42. The number of hydrogen-bond donors (Lipinski definition) is 2. The molecule has 2 rings (SSSR count). The number of carbonyl (C=O) groups is 1. The van der Waals surface area contributed by atoms with E-state index in [0.717, 1.165) is 12.8 Å². The SMILES string of the molecule is Cc1cc(Cl)c(C)c(C2(C(=O)O)CCCC2)c1O. The first-order valence-corrected chi connectivity index (χ1v) is 6.50. The maximum absolute atomic E-state index is 11.7. The van der Waals surface area contributed by atoms with Crippen molar-refractivity contribution in [3.63, 3.8) is 0 Å². The van der Waals surface area contributed by atoms with Crippen LogP contribution in [0, 0.1) is 13.8 Å². The van der Waals surface area contributed by atoms with Crippen molar-refractivity contribution < 1.29 is 15.0 Å². The molecular weight excluding hydrogens is 252 g/mol. The number of aliphatic carboxylic acids is 1. The van der Waals surface area contributed by atoms with E-state index in [9.17, 15) is 15.0 Å². The first-order chi connectivity index (χ1) is 8.40. The maximum atomic E-state index is 11.7. The molecule has 0 atom stereocenters. The lowest BCUT2D eigenvalue weighted by atomic mass is 9.75. The van der Waals surface area contributed by atoms with Gasteiger partial charge in [0.05, 0.1) is 5.41 Å². The fourth-order valence-electron chi connectivity index (χ4n) is 3.00. The van der Waals surface area contributed by atoms with Gasteiger partial charge in [-0.2, -0.15) is 0 Å². The van der Waals surface area contributed by atoms with E-state index < -0.39 is 11.4 Å². The highest BCUT2D eigenvalue weighted by Gasteiger charge is 2.46. The Morgan fingerprint density at radius 2 is 1.89 bits per heavy atom. The van der Waals surface area contributed by atoms with Crippen molar-refractivity contribution in [1.29, 1.82) is 0 Å². The van der Waals surface area contributed by atoms with E-state index in [0.29, 0.717) is 34.6 Å². The minimum atomic E-state index is -0.968. The molecule has 18 heavy (non-hydrogen) atoms. The Morgan fingerprint density at radius 1 is 1.33 bits per heavy atom. The van der Waals surface area contributed by atoms with Crippen molar-refractivity contribution in [2.24, 2.45) is 0 Å². The lowest BCUT2D eigenvalue weighted by molar-refractivity contribution is -0.143. The summed E-state index contributed by atoms with van der Waals surface area (Å²) in [7, 11) is 0. The number of hydrogen-bond acceptors (Lipinski definition) is 2. The lowest BCUT2D eigenvalue weighted by Gasteiger charge is -2.28. The Balaban J connectivity index is 2.73. The summed E-state index contributed by atoms with van der Waals surface area (Å²) >= 11 is 6.13. The van der Waals surface area contributed by atoms with Crippen LogP contribution >= 0.6 is 11.6 Å². The Bertz CT molecular complexity index is 476. The average Bonchev–Trinajstić information content (AvgIpc) is 2.77. The molecule has 4 heteroatoms. The molecule has 98 valence electrons. The van der Waals surface area contributed by atoms with E-state index in [-0.39, 0.29) is 5.75 Å². The van der Waals surface area contributed by atoms with E-state index in [1.165, 1.54) is 0 Å². The molecule has 0 unspecified atom stereocenters. The molecule has 2 N–H and O–H groups in total. The van der Waals surface area contributed by atoms with Gasteiger partial charge in [0, 0.05) is 10.6 Å². The quantitative estimate of drug-likeness (QED) is 0.862. The topological polar surface area (TPSA) is 57.5 Å². The van der Waals surface area contributed by atoms with Gasteiger partial charge in [-0.15, -0.1) is 0 Å². The number of aromatic hydroxyl groups is 1. The monoisotopic (exact) mass is 268 g/mol. The summed E-state index contributed by atoms with van der Waals surface area (Å²) in [5.74, 6) is -0.777. The van der Waals surface area contributed by atoms with Gasteiger partial charge in [-0.1, -0.05) is 24.4 Å². The molecule has 0 aliphatic heterocycles. The van der Waals surface area contributed by atoms with E-state index >= 15 is 0 Å². The van der Waals surface area contributed by atoms with Crippen molar-refractivity contribution in [3.8, 4) is 5.75 Å². The molecule has 1 fully saturated rings. The number of rotatable bonds is 2. The number of aryl methyl sites for hydroxylation is 1. The molecule has 0 spiro atoms. The van der Waals surface area contributed by atoms with Crippen LogP contribution in [0.15, 0.2) is 6.07 Å². The van der Waals surface area contributed by atoms with Crippen LogP contribution in [0.5, 0.6) is 5.75 Å². The van der Waals surface area contributed by atoms with Crippen molar-refractivity contribution >= 4 is 17.6 Å². The summed E-state index contributed by atoms with van der Waals surface area (Å²) in [5.41, 5.74) is 0.860. The van der Waals surface area contributed by atoms with Gasteiger partial charge in [0.1, 0.15) is 5.75 Å². The van der Waals surface area contributed by atoms with Gasteiger partial charge in [-0.05, 0) is 43.9 Å². The van der Waals surface area contributed by atoms with Crippen molar-refractivity contribution in [2.75, 3.05) is 0 Å². The van der Waals surface area contributed by atoms with Crippen LogP contribution in [0.2, 0.25) is 5.02 Å². The summed E-state index contributed by atoms with van der Waals surface area (Å²) in [6, 6.07) is 1.68. The number of halogens is 1. The normalized spacial score (nSPS) is 17.9. The number of carboxylic acid groups (broad SMARTS) is 1. The van der Waals surface area contributed by atoms with Gasteiger partial charge in [-0.3, -0.25) is 4.79 Å². The zero-order valence-electron chi connectivity index (χ0n) is 10.6. The smallest absolute Gasteiger partial charge is 0.314 e. The average molecular weight is 269 g/mol. The second-order valence-corrected chi connectivity index (χ2v) is 5.53. The summed E-state index contributed by atoms with van der Waals surface area (Å²) in [5, 5.41) is 20.4. The third kappa shape index (κ3) is 1.77. The Hall–Kier alpha value is -1.22. The predicted molar refractivity (Wildman–Crippen MR) is 70.4 cm³/mol. The molecule has 1 saturated carbocycles. The van der Waals surface area contributed by atoms with Gasteiger partial charge in [0.2, 0.25) is 0 Å². The van der Waals surface area contributed by atoms with Crippen molar-refractivity contribution in [2.45, 2.75) is 44.9 Å². The minimum Gasteiger partial charge on any atom is -0.507 e. The van der Waals surface area contributed by atoms with Crippen LogP contribution in [0.1, 0.15) is 42.4 Å². The molecule has 0 bridgehead atoms. The fraction of sp³-hybridized carbons (Fsp3) is 0.500. The van der Waals surface area contributed by atoms with Crippen LogP contribution in [0.3, 0.4) is 0 Å². The second kappa shape index (κ2) is 4.47. The zero-order chi connectivity index (χ0) is 13.5. The molecule has 0 heterocycles. The highest BCUT2D eigenvalue weighted by atomic mass is 35.5. The van der Waals surface area contributed by atoms with E-state index in [1.54, 1.807) is 19.9 Å². The van der Waals surface area contributed by atoms with Gasteiger partial charge >= 0.3 is 5.97 Å². The third-order valence-electron chi connectivity index (χ3n) is 4.03. The van der Waals surface area contributed by atoms with E-state index in [2.05, 4.69) is 0 Å². The highest BCUT2D eigenvalue weighted by molar-refractivity contribution is 6.31. The minimum absolute atomic E-state index is 0.0844. The largest absolute Gasteiger partial charge is 0.507 e. The van der Waals surface area contributed by atoms with Crippen LogP contribution in [-0.2, 0) is 10.2 Å². The van der Waals surface area contributed by atoms with Crippen molar-refractivity contribution in [3.05, 3.63) is 27.8 Å². The summed E-state index contributed by atoms with van der Waals surface area (Å²) in [4.78, 5) is 11.7. The summed E-state index contributed by atoms with van der Waals surface area (Å²) in [6.45, 7) is 3.52. The van der Waals surface area contributed by atoms with Gasteiger partial charge in [0.15, 0.2) is 0 Å². The maximum Gasteiger partial charge on any atom is 0.314 e. The van der Waals surface area contributed by atoms with Crippen LogP contribution in [0.4, 0.5) is 0 Å². The lowest BCUT2D eigenvalue weighted by Crippen LogP contribution is -2.33. The van der Waals surface area contributed by atoms with Crippen LogP contribution < -0.4 is 0 Å². The van der Waals surface area contributed by atoms with Crippen molar-refractivity contribution in [1.82, 2.24) is 0 Å². The fourth-order valence-corrected chi connectivity index (χ4v) is 3.25. The molecule has 0 amide bonds. The number of benzene rings is 1.